The molecule has 0 heterocycles. The van der Waals surface area contributed by atoms with Gasteiger partial charge in [-0.2, -0.15) is 0 Å². The van der Waals surface area contributed by atoms with Crippen LogP contribution in [-0.4, -0.2) is 23.8 Å². The molecule has 0 bridgehead atoms. The average molecular weight is 199 g/mol. The summed E-state index contributed by atoms with van der Waals surface area (Å²) >= 11 is 0. The summed E-state index contributed by atoms with van der Waals surface area (Å²) in [6.45, 7) is 7.67. The Morgan fingerprint density at radius 2 is 1.86 bits per heavy atom. The van der Waals surface area contributed by atoms with Crippen molar-refractivity contribution >= 4 is 0 Å². The Labute approximate surface area is 88.1 Å². The fourth-order valence-corrected chi connectivity index (χ4v) is 2.13. The Balaban J connectivity index is 2.27. The van der Waals surface area contributed by atoms with Crippen molar-refractivity contribution in [1.82, 2.24) is 5.32 Å². The maximum absolute atomic E-state index is 9.73. The van der Waals surface area contributed by atoms with Gasteiger partial charge < -0.3 is 10.4 Å². The van der Waals surface area contributed by atoms with E-state index in [2.05, 4.69) is 26.1 Å². The standard InChI is InChI=1S/C12H25NO/c1-9(2)13-8-11-5-4-10(3)12(14)7-6-11/h9-14H,4-8H2,1-3H3. The van der Waals surface area contributed by atoms with E-state index in [0.717, 1.165) is 18.9 Å². The van der Waals surface area contributed by atoms with Crippen LogP contribution in [0.25, 0.3) is 0 Å². The lowest BCUT2D eigenvalue weighted by Crippen LogP contribution is -2.28. The molecule has 0 aromatic carbocycles. The first-order chi connectivity index (χ1) is 6.59. The van der Waals surface area contributed by atoms with Gasteiger partial charge in [0.15, 0.2) is 0 Å². The number of hydrogen-bond donors (Lipinski definition) is 2. The van der Waals surface area contributed by atoms with Crippen LogP contribution >= 0.6 is 0 Å². The topological polar surface area (TPSA) is 32.3 Å². The minimum Gasteiger partial charge on any atom is -0.393 e. The van der Waals surface area contributed by atoms with Crippen LogP contribution in [0.3, 0.4) is 0 Å². The number of rotatable bonds is 3. The molecular weight excluding hydrogens is 174 g/mol. The monoisotopic (exact) mass is 199 g/mol. The summed E-state index contributed by atoms with van der Waals surface area (Å²) in [5.41, 5.74) is 0. The van der Waals surface area contributed by atoms with E-state index in [-0.39, 0.29) is 6.10 Å². The Morgan fingerprint density at radius 3 is 2.50 bits per heavy atom. The van der Waals surface area contributed by atoms with Gasteiger partial charge in [0.05, 0.1) is 6.10 Å². The van der Waals surface area contributed by atoms with Crippen molar-refractivity contribution < 1.29 is 5.11 Å². The Bertz CT molecular complexity index is 144. The molecular formula is C12H25NO. The molecule has 1 aliphatic rings. The molecule has 0 saturated heterocycles. The van der Waals surface area contributed by atoms with Gasteiger partial charge in [0.1, 0.15) is 0 Å². The van der Waals surface area contributed by atoms with Crippen molar-refractivity contribution in [2.45, 2.75) is 58.6 Å². The Hall–Kier alpha value is -0.0800. The maximum Gasteiger partial charge on any atom is 0.0565 e. The molecule has 1 aliphatic carbocycles. The van der Waals surface area contributed by atoms with Gasteiger partial charge >= 0.3 is 0 Å². The summed E-state index contributed by atoms with van der Waals surface area (Å²) in [4.78, 5) is 0. The van der Waals surface area contributed by atoms with E-state index in [1.54, 1.807) is 0 Å². The summed E-state index contributed by atoms with van der Waals surface area (Å²) in [7, 11) is 0. The van der Waals surface area contributed by atoms with E-state index in [9.17, 15) is 5.11 Å². The Morgan fingerprint density at radius 1 is 1.21 bits per heavy atom. The minimum atomic E-state index is -0.0564. The van der Waals surface area contributed by atoms with Crippen molar-refractivity contribution in [1.29, 1.82) is 0 Å². The van der Waals surface area contributed by atoms with Gasteiger partial charge in [-0.1, -0.05) is 20.8 Å². The van der Waals surface area contributed by atoms with Crippen LogP contribution in [0.2, 0.25) is 0 Å². The molecule has 2 heteroatoms. The van der Waals surface area contributed by atoms with Crippen molar-refractivity contribution in [3.63, 3.8) is 0 Å². The molecule has 2 nitrogen and oxygen atoms in total. The minimum absolute atomic E-state index is 0.0564. The molecule has 14 heavy (non-hydrogen) atoms. The maximum atomic E-state index is 9.73. The van der Waals surface area contributed by atoms with Gasteiger partial charge in [-0.05, 0) is 44.1 Å². The summed E-state index contributed by atoms with van der Waals surface area (Å²) in [6, 6.07) is 0.584. The predicted molar refractivity (Wildman–Crippen MR) is 60.3 cm³/mol. The molecule has 0 radical (unpaired) electrons. The zero-order valence-electron chi connectivity index (χ0n) is 9.79. The summed E-state index contributed by atoms with van der Waals surface area (Å²) in [6.07, 6.45) is 4.58. The van der Waals surface area contributed by atoms with Gasteiger partial charge in [-0.3, -0.25) is 0 Å². The van der Waals surface area contributed by atoms with Crippen LogP contribution in [0.5, 0.6) is 0 Å². The second-order valence-electron chi connectivity index (χ2n) is 5.13. The van der Waals surface area contributed by atoms with E-state index in [1.165, 1.54) is 19.3 Å². The first kappa shape index (κ1) is 12.0. The van der Waals surface area contributed by atoms with E-state index in [4.69, 9.17) is 0 Å². The van der Waals surface area contributed by atoms with Crippen molar-refractivity contribution in [2.75, 3.05) is 6.54 Å². The van der Waals surface area contributed by atoms with E-state index in [0.29, 0.717) is 12.0 Å². The molecule has 1 saturated carbocycles. The lowest BCUT2D eigenvalue weighted by Gasteiger charge is -2.16. The summed E-state index contributed by atoms with van der Waals surface area (Å²) in [5.74, 6) is 1.27. The first-order valence-electron chi connectivity index (χ1n) is 6.01. The number of hydrogen-bond acceptors (Lipinski definition) is 2. The molecule has 3 unspecified atom stereocenters. The first-order valence-corrected chi connectivity index (χ1v) is 6.01. The van der Waals surface area contributed by atoms with Crippen LogP contribution in [0.15, 0.2) is 0 Å². The average Bonchev–Trinajstić information content (AvgIpc) is 2.28. The molecule has 0 aromatic rings. The lowest BCUT2D eigenvalue weighted by molar-refractivity contribution is 0.109. The van der Waals surface area contributed by atoms with Crippen LogP contribution in [0.4, 0.5) is 0 Å². The summed E-state index contributed by atoms with van der Waals surface area (Å²) in [5, 5.41) is 13.2. The normalized spacial score (nSPS) is 34.5. The third kappa shape index (κ3) is 3.97. The van der Waals surface area contributed by atoms with Crippen molar-refractivity contribution in [3.8, 4) is 0 Å². The highest BCUT2D eigenvalue weighted by atomic mass is 16.3. The van der Waals surface area contributed by atoms with Crippen LogP contribution in [-0.2, 0) is 0 Å². The van der Waals surface area contributed by atoms with E-state index >= 15 is 0 Å². The highest BCUT2D eigenvalue weighted by Crippen LogP contribution is 2.26. The SMILES string of the molecule is CC(C)NCC1CCC(C)C(O)CC1. The fourth-order valence-electron chi connectivity index (χ4n) is 2.13. The zero-order chi connectivity index (χ0) is 10.6. The largest absolute Gasteiger partial charge is 0.393 e. The molecule has 2 N–H and O–H groups in total. The second-order valence-corrected chi connectivity index (χ2v) is 5.13. The van der Waals surface area contributed by atoms with Crippen LogP contribution in [0, 0.1) is 11.8 Å². The van der Waals surface area contributed by atoms with Crippen molar-refractivity contribution in [2.24, 2.45) is 11.8 Å². The number of nitrogens with one attached hydrogen (secondary N) is 1. The van der Waals surface area contributed by atoms with Gasteiger partial charge in [-0.25, -0.2) is 0 Å². The molecule has 0 aliphatic heterocycles. The molecule has 84 valence electrons. The second kappa shape index (κ2) is 5.72. The van der Waals surface area contributed by atoms with Gasteiger partial charge in [0, 0.05) is 6.04 Å². The number of aliphatic hydroxyl groups excluding tert-OH is 1. The van der Waals surface area contributed by atoms with Crippen molar-refractivity contribution in [3.05, 3.63) is 0 Å². The predicted octanol–water partition coefficient (Wildman–Crippen LogP) is 2.17. The molecule has 0 amide bonds. The number of aliphatic hydroxyl groups is 1. The van der Waals surface area contributed by atoms with Crippen LogP contribution < -0.4 is 5.32 Å². The summed E-state index contributed by atoms with van der Waals surface area (Å²) < 4.78 is 0. The smallest absolute Gasteiger partial charge is 0.0565 e. The van der Waals surface area contributed by atoms with Gasteiger partial charge in [0.25, 0.3) is 0 Å². The highest BCUT2D eigenvalue weighted by Gasteiger charge is 2.22. The molecule has 0 spiro atoms. The quantitative estimate of drug-likeness (QED) is 0.683. The molecule has 3 atom stereocenters. The third-order valence-corrected chi connectivity index (χ3v) is 3.37. The fraction of sp³-hybridized carbons (Fsp3) is 1.00. The molecule has 0 aromatic heterocycles. The molecule has 1 rings (SSSR count). The van der Waals surface area contributed by atoms with Gasteiger partial charge in [0.2, 0.25) is 0 Å². The molecule has 1 fully saturated rings. The van der Waals surface area contributed by atoms with E-state index in [1.807, 2.05) is 0 Å². The third-order valence-electron chi connectivity index (χ3n) is 3.37. The van der Waals surface area contributed by atoms with Crippen LogP contribution in [0.1, 0.15) is 46.5 Å². The lowest BCUT2D eigenvalue weighted by atomic mass is 9.98. The highest BCUT2D eigenvalue weighted by molar-refractivity contribution is 4.75. The zero-order valence-corrected chi connectivity index (χ0v) is 9.79. The van der Waals surface area contributed by atoms with Gasteiger partial charge in [-0.15, -0.1) is 0 Å². The van der Waals surface area contributed by atoms with E-state index < -0.39 is 0 Å². The Kier molecular flexibility index (Phi) is 4.90.